The number of imidazole rings is 1. The molecule has 0 spiro atoms. The molecule has 0 amide bonds. The van der Waals surface area contributed by atoms with Gasteiger partial charge in [0.2, 0.25) is 0 Å². The van der Waals surface area contributed by atoms with E-state index in [1.54, 1.807) is 24.9 Å². The maximum absolute atomic E-state index is 12.7. The highest BCUT2D eigenvalue weighted by Gasteiger charge is 2.21. The quantitative estimate of drug-likeness (QED) is 0.464. The topological polar surface area (TPSA) is 79.6 Å². The van der Waals surface area contributed by atoms with E-state index in [0.29, 0.717) is 23.5 Å². The standard InChI is InChI=1S/C22H20N6O2/c1-25-17-20(26(2)22(30)27(3)21(17)29)24-19(25)16-13-28(12-14-8-5-4-6-9-14)18-15(16)10-7-11-23-18/h4-11,13H,12H2,1-3H3. The number of nitrogens with zero attached hydrogens (tertiary/aromatic N) is 6. The van der Waals surface area contributed by atoms with Gasteiger partial charge in [0.1, 0.15) is 11.5 Å². The minimum absolute atomic E-state index is 0.361. The highest BCUT2D eigenvalue weighted by atomic mass is 16.2. The number of pyridine rings is 1. The van der Waals surface area contributed by atoms with Crippen LogP contribution in [0.2, 0.25) is 0 Å². The summed E-state index contributed by atoms with van der Waals surface area (Å²) in [5.74, 6) is 0.619. The van der Waals surface area contributed by atoms with E-state index in [4.69, 9.17) is 0 Å². The van der Waals surface area contributed by atoms with Crippen molar-refractivity contribution < 1.29 is 0 Å². The summed E-state index contributed by atoms with van der Waals surface area (Å²) in [6.45, 7) is 0.665. The maximum atomic E-state index is 12.7. The molecule has 0 unspecified atom stereocenters. The third-order valence-corrected chi connectivity index (χ3v) is 5.55. The minimum atomic E-state index is -0.398. The Morgan fingerprint density at radius 2 is 1.63 bits per heavy atom. The fourth-order valence-corrected chi connectivity index (χ4v) is 3.96. The number of aromatic nitrogens is 6. The number of aryl methyl sites for hydroxylation is 2. The fraction of sp³-hybridized carbons (Fsp3) is 0.182. The number of hydrogen-bond acceptors (Lipinski definition) is 4. The smallest absolute Gasteiger partial charge is 0.327 e. The van der Waals surface area contributed by atoms with Crippen molar-refractivity contribution in [2.24, 2.45) is 21.1 Å². The number of benzene rings is 1. The number of hydrogen-bond donors (Lipinski definition) is 0. The summed E-state index contributed by atoms with van der Waals surface area (Å²) in [5.41, 5.74) is 2.86. The highest BCUT2D eigenvalue weighted by molar-refractivity contribution is 5.94. The molecule has 0 atom stereocenters. The summed E-state index contributed by atoms with van der Waals surface area (Å²) in [4.78, 5) is 34.4. The largest absolute Gasteiger partial charge is 0.332 e. The van der Waals surface area contributed by atoms with Crippen LogP contribution in [0.3, 0.4) is 0 Å². The normalized spacial score (nSPS) is 11.6. The van der Waals surface area contributed by atoms with Crippen LogP contribution in [-0.2, 0) is 27.7 Å². The van der Waals surface area contributed by atoms with Crippen molar-refractivity contribution in [2.45, 2.75) is 6.54 Å². The van der Waals surface area contributed by atoms with Gasteiger partial charge < -0.3 is 9.13 Å². The molecule has 5 rings (SSSR count). The van der Waals surface area contributed by atoms with E-state index >= 15 is 0 Å². The van der Waals surface area contributed by atoms with Gasteiger partial charge >= 0.3 is 5.69 Å². The third-order valence-electron chi connectivity index (χ3n) is 5.55. The van der Waals surface area contributed by atoms with Gasteiger partial charge in [0.25, 0.3) is 5.56 Å². The highest BCUT2D eigenvalue weighted by Crippen LogP contribution is 2.30. The predicted octanol–water partition coefficient (Wildman–Crippen LogP) is 2.04. The maximum Gasteiger partial charge on any atom is 0.332 e. The lowest BCUT2D eigenvalue weighted by Crippen LogP contribution is -2.37. The van der Waals surface area contributed by atoms with E-state index in [0.717, 1.165) is 26.7 Å². The second-order valence-corrected chi connectivity index (χ2v) is 7.40. The van der Waals surface area contributed by atoms with Crippen LogP contribution in [-0.4, -0.2) is 28.2 Å². The molecule has 30 heavy (non-hydrogen) atoms. The van der Waals surface area contributed by atoms with Gasteiger partial charge in [-0.1, -0.05) is 30.3 Å². The average molecular weight is 400 g/mol. The minimum Gasteiger partial charge on any atom is -0.327 e. The molecule has 0 saturated carbocycles. The van der Waals surface area contributed by atoms with E-state index < -0.39 is 5.69 Å². The lowest BCUT2D eigenvalue weighted by atomic mass is 10.2. The molecule has 4 heterocycles. The molecule has 1 aromatic carbocycles. The molecule has 150 valence electrons. The van der Waals surface area contributed by atoms with E-state index in [1.807, 2.05) is 36.5 Å². The zero-order chi connectivity index (χ0) is 21.0. The van der Waals surface area contributed by atoms with Crippen molar-refractivity contribution in [3.63, 3.8) is 0 Å². The van der Waals surface area contributed by atoms with Crippen LogP contribution in [0, 0.1) is 0 Å². The van der Waals surface area contributed by atoms with Gasteiger partial charge in [-0.3, -0.25) is 13.9 Å². The van der Waals surface area contributed by atoms with Crippen LogP contribution in [0.25, 0.3) is 33.6 Å². The average Bonchev–Trinajstić information content (AvgIpc) is 3.29. The Morgan fingerprint density at radius 3 is 2.40 bits per heavy atom. The molecule has 8 heteroatoms. The van der Waals surface area contributed by atoms with Crippen molar-refractivity contribution in [1.29, 1.82) is 0 Å². The molecule has 0 saturated heterocycles. The zero-order valence-corrected chi connectivity index (χ0v) is 16.9. The summed E-state index contributed by atoms with van der Waals surface area (Å²) < 4.78 is 6.35. The van der Waals surface area contributed by atoms with Gasteiger partial charge in [0.05, 0.1) is 0 Å². The van der Waals surface area contributed by atoms with Crippen LogP contribution < -0.4 is 11.2 Å². The summed E-state index contributed by atoms with van der Waals surface area (Å²) >= 11 is 0. The van der Waals surface area contributed by atoms with E-state index in [9.17, 15) is 9.59 Å². The van der Waals surface area contributed by atoms with E-state index in [-0.39, 0.29) is 5.56 Å². The van der Waals surface area contributed by atoms with Crippen molar-refractivity contribution in [3.05, 3.63) is 81.3 Å². The van der Waals surface area contributed by atoms with Gasteiger partial charge in [0, 0.05) is 51.0 Å². The van der Waals surface area contributed by atoms with E-state index in [2.05, 4.69) is 26.7 Å². The van der Waals surface area contributed by atoms with Crippen molar-refractivity contribution in [1.82, 2.24) is 28.2 Å². The molecule has 0 bridgehead atoms. The van der Waals surface area contributed by atoms with Crippen LogP contribution in [0.5, 0.6) is 0 Å². The molecule has 0 aliphatic carbocycles. The second-order valence-electron chi connectivity index (χ2n) is 7.40. The van der Waals surface area contributed by atoms with Gasteiger partial charge in [-0.25, -0.2) is 14.8 Å². The van der Waals surface area contributed by atoms with Crippen molar-refractivity contribution in [3.8, 4) is 11.4 Å². The molecule has 5 aromatic rings. The molecule has 0 aliphatic rings. The van der Waals surface area contributed by atoms with Gasteiger partial charge in [-0.15, -0.1) is 0 Å². The molecular weight excluding hydrogens is 380 g/mol. The Morgan fingerprint density at radius 1 is 0.867 bits per heavy atom. The van der Waals surface area contributed by atoms with Crippen molar-refractivity contribution in [2.75, 3.05) is 0 Å². The van der Waals surface area contributed by atoms with Gasteiger partial charge in [-0.05, 0) is 17.7 Å². The van der Waals surface area contributed by atoms with E-state index in [1.165, 1.54) is 11.6 Å². The number of fused-ring (bicyclic) bond motifs is 2. The lowest BCUT2D eigenvalue weighted by Gasteiger charge is -2.04. The predicted molar refractivity (Wildman–Crippen MR) is 115 cm³/mol. The lowest BCUT2D eigenvalue weighted by molar-refractivity contribution is 0.705. The van der Waals surface area contributed by atoms with Crippen LogP contribution >= 0.6 is 0 Å². The molecule has 0 radical (unpaired) electrons. The van der Waals surface area contributed by atoms with Crippen LogP contribution in [0.15, 0.2) is 64.4 Å². The fourth-order valence-electron chi connectivity index (χ4n) is 3.96. The second kappa shape index (κ2) is 6.55. The van der Waals surface area contributed by atoms with Gasteiger partial charge in [0.15, 0.2) is 11.2 Å². The summed E-state index contributed by atoms with van der Waals surface area (Å²) in [5, 5.41) is 0.939. The van der Waals surface area contributed by atoms with Gasteiger partial charge in [-0.2, -0.15) is 0 Å². The first kappa shape index (κ1) is 18.1. The molecule has 0 aliphatic heterocycles. The van der Waals surface area contributed by atoms with Crippen molar-refractivity contribution >= 4 is 22.2 Å². The Kier molecular flexibility index (Phi) is 3.95. The Hall–Kier alpha value is -3.94. The Labute approximate surface area is 171 Å². The molecule has 0 fully saturated rings. The van der Waals surface area contributed by atoms with Crippen LogP contribution in [0.1, 0.15) is 5.56 Å². The first-order valence-electron chi connectivity index (χ1n) is 9.58. The van der Waals surface area contributed by atoms with Crippen LogP contribution in [0.4, 0.5) is 0 Å². The third kappa shape index (κ3) is 2.53. The zero-order valence-electron chi connectivity index (χ0n) is 16.9. The first-order valence-corrected chi connectivity index (χ1v) is 9.58. The first-order chi connectivity index (χ1) is 14.5. The number of rotatable bonds is 3. The molecule has 4 aromatic heterocycles. The Balaban J connectivity index is 1.79. The SMILES string of the molecule is Cn1c(=O)c2c(nc(-c3cn(Cc4ccccc4)c4ncccc34)n2C)n(C)c1=O. The molecular formula is C22H20N6O2. The Bertz CT molecular complexity index is 1540. The molecule has 0 N–H and O–H groups in total. The summed E-state index contributed by atoms with van der Waals surface area (Å²) in [6, 6.07) is 14.0. The summed E-state index contributed by atoms with van der Waals surface area (Å²) in [7, 11) is 4.90. The summed E-state index contributed by atoms with van der Waals surface area (Å²) in [6.07, 6.45) is 3.77. The molecule has 8 nitrogen and oxygen atoms in total. The monoisotopic (exact) mass is 400 g/mol.